The number of carboxylic acids is 1. The van der Waals surface area contributed by atoms with E-state index in [4.69, 9.17) is 0 Å². The fourth-order valence-corrected chi connectivity index (χ4v) is 3.62. The fraction of sp³-hybridized carbons (Fsp3) is 0.286. The summed E-state index contributed by atoms with van der Waals surface area (Å²) < 4.78 is 0. The summed E-state index contributed by atoms with van der Waals surface area (Å²) in [4.78, 5) is 16.6. The maximum atomic E-state index is 11.3. The first-order valence-electron chi connectivity index (χ1n) is 5.95. The molecule has 2 aromatic rings. The van der Waals surface area contributed by atoms with Crippen LogP contribution in [0.2, 0.25) is 0 Å². The predicted octanol–water partition coefficient (Wildman–Crippen LogP) is 3.38. The molecule has 2 rings (SSSR count). The highest BCUT2D eigenvalue weighted by molar-refractivity contribution is 7.99. The average molecular weight is 293 g/mol. The molecule has 3 nitrogen and oxygen atoms in total. The van der Waals surface area contributed by atoms with Crippen LogP contribution in [0.25, 0.3) is 0 Å². The number of carbonyl (C=O) groups is 1. The van der Waals surface area contributed by atoms with Crippen molar-refractivity contribution in [3.05, 3.63) is 52.0 Å². The Hall–Kier alpha value is -1.33. The van der Waals surface area contributed by atoms with Crippen LogP contribution < -0.4 is 0 Å². The number of carboxylic acid groups (broad SMARTS) is 1. The van der Waals surface area contributed by atoms with Crippen molar-refractivity contribution in [2.24, 2.45) is 0 Å². The monoisotopic (exact) mass is 293 g/mol. The van der Waals surface area contributed by atoms with E-state index in [2.05, 4.69) is 4.98 Å². The van der Waals surface area contributed by atoms with Gasteiger partial charge in [-0.3, -0.25) is 4.79 Å². The summed E-state index contributed by atoms with van der Waals surface area (Å²) in [6, 6.07) is 9.74. The van der Waals surface area contributed by atoms with Crippen molar-refractivity contribution in [3.63, 3.8) is 0 Å². The molecule has 0 spiro atoms. The molecule has 0 bridgehead atoms. The summed E-state index contributed by atoms with van der Waals surface area (Å²) in [6.45, 7) is 1.96. The van der Waals surface area contributed by atoms with Gasteiger partial charge in [0.2, 0.25) is 0 Å². The van der Waals surface area contributed by atoms with E-state index in [1.165, 1.54) is 11.8 Å². The summed E-state index contributed by atoms with van der Waals surface area (Å²) in [5.41, 5.74) is 1.06. The smallest absolute Gasteiger partial charge is 0.316 e. The zero-order chi connectivity index (χ0) is 13.7. The lowest BCUT2D eigenvalue weighted by atomic mass is 10.1. The highest BCUT2D eigenvalue weighted by Gasteiger charge is 2.18. The van der Waals surface area contributed by atoms with E-state index in [0.717, 1.165) is 15.4 Å². The molecule has 0 saturated heterocycles. The fourth-order valence-electron chi connectivity index (χ4n) is 1.70. The van der Waals surface area contributed by atoms with Crippen LogP contribution in [-0.2, 0) is 17.0 Å². The third-order valence-electron chi connectivity index (χ3n) is 2.64. The van der Waals surface area contributed by atoms with Crippen LogP contribution in [0.4, 0.5) is 0 Å². The Kier molecular flexibility index (Phi) is 4.99. The molecular weight excluding hydrogens is 278 g/mol. The quantitative estimate of drug-likeness (QED) is 0.887. The van der Waals surface area contributed by atoms with Gasteiger partial charge in [0, 0.05) is 16.8 Å². The molecule has 0 fully saturated rings. The van der Waals surface area contributed by atoms with E-state index < -0.39 is 11.2 Å². The Balaban J connectivity index is 1.95. The van der Waals surface area contributed by atoms with Crippen LogP contribution in [-0.4, -0.2) is 21.3 Å². The van der Waals surface area contributed by atoms with Crippen LogP contribution in [0, 0.1) is 6.92 Å². The van der Waals surface area contributed by atoms with Gasteiger partial charge in [-0.05, 0) is 18.9 Å². The van der Waals surface area contributed by atoms with Gasteiger partial charge < -0.3 is 5.11 Å². The minimum absolute atomic E-state index is 0.412. The molecule has 0 aliphatic carbocycles. The second kappa shape index (κ2) is 6.73. The van der Waals surface area contributed by atoms with E-state index in [0.29, 0.717) is 12.2 Å². The molecule has 1 heterocycles. The molecular formula is C14H15NO2S2. The van der Waals surface area contributed by atoms with Crippen molar-refractivity contribution in [2.45, 2.75) is 24.3 Å². The standard InChI is InChI=1S/C14H15NO2S2/c1-10-15-8-12(19-10)9-18-13(14(16)17)7-11-5-3-2-4-6-11/h2-6,8,13H,7,9H2,1H3,(H,16,17). The zero-order valence-electron chi connectivity index (χ0n) is 10.6. The first-order valence-corrected chi connectivity index (χ1v) is 7.81. The molecule has 0 saturated carbocycles. The van der Waals surface area contributed by atoms with Gasteiger partial charge >= 0.3 is 5.97 Å². The second-order valence-electron chi connectivity index (χ2n) is 4.17. The lowest BCUT2D eigenvalue weighted by Gasteiger charge is -2.11. The van der Waals surface area contributed by atoms with Crippen LogP contribution >= 0.6 is 23.1 Å². The summed E-state index contributed by atoms with van der Waals surface area (Å²) in [6.07, 6.45) is 2.38. The second-order valence-corrected chi connectivity index (χ2v) is 6.68. The molecule has 0 aliphatic rings. The highest BCUT2D eigenvalue weighted by atomic mass is 32.2. The van der Waals surface area contributed by atoms with Gasteiger partial charge in [-0.25, -0.2) is 4.98 Å². The van der Waals surface area contributed by atoms with Crippen molar-refractivity contribution >= 4 is 29.1 Å². The molecule has 1 aromatic heterocycles. The normalized spacial score (nSPS) is 12.3. The SMILES string of the molecule is Cc1ncc(CSC(Cc2ccccc2)C(=O)O)s1. The number of thiazole rings is 1. The third-order valence-corrected chi connectivity index (χ3v) is 4.98. The Labute approximate surface area is 120 Å². The van der Waals surface area contributed by atoms with Gasteiger partial charge in [0.05, 0.1) is 5.01 Å². The van der Waals surface area contributed by atoms with Gasteiger partial charge in [0.15, 0.2) is 0 Å². The van der Waals surface area contributed by atoms with Crippen molar-refractivity contribution in [1.29, 1.82) is 0 Å². The summed E-state index contributed by atoms with van der Waals surface area (Å²) in [7, 11) is 0. The largest absolute Gasteiger partial charge is 0.480 e. The third kappa shape index (κ3) is 4.36. The number of benzene rings is 1. The van der Waals surface area contributed by atoms with Gasteiger partial charge in [-0.15, -0.1) is 23.1 Å². The van der Waals surface area contributed by atoms with E-state index in [1.54, 1.807) is 11.3 Å². The summed E-state index contributed by atoms with van der Waals surface area (Å²) >= 11 is 3.08. The number of hydrogen-bond donors (Lipinski definition) is 1. The summed E-state index contributed by atoms with van der Waals surface area (Å²) in [5, 5.41) is 9.89. The number of nitrogens with zero attached hydrogens (tertiary/aromatic N) is 1. The number of thioether (sulfide) groups is 1. The van der Waals surface area contributed by atoms with E-state index >= 15 is 0 Å². The zero-order valence-corrected chi connectivity index (χ0v) is 12.2. The predicted molar refractivity (Wildman–Crippen MR) is 79.7 cm³/mol. The highest BCUT2D eigenvalue weighted by Crippen LogP contribution is 2.24. The Morgan fingerprint density at radius 3 is 2.74 bits per heavy atom. The van der Waals surface area contributed by atoms with E-state index in [9.17, 15) is 9.90 Å². The van der Waals surface area contributed by atoms with Gasteiger partial charge in [-0.2, -0.15) is 0 Å². The van der Waals surface area contributed by atoms with Gasteiger partial charge in [0.25, 0.3) is 0 Å². The summed E-state index contributed by atoms with van der Waals surface area (Å²) in [5.74, 6) is -0.0509. The number of aromatic nitrogens is 1. The molecule has 1 unspecified atom stereocenters. The van der Waals surface area contributed by atoms with Crippen LogP contribution in [0.15, 0.2) is 36.5 Å². The van der Waals surface area contributed by atoms with E-state index in [1.807, 2.05) is 43.5 Å². The van der Waals surface area contributed by atoms with Crippen molar-refractivity contribution < 1.29 is 9.90 Å². The first kappa shape index (κ1) is 14.1. The minimum Gasteiger partial charge on any atom is -0.480 e. The van der Waals surface area contributed by atoms with Gasteiger partial charge in [0.1, 0.15) is 5.25 Å². The van der Waals surface area contributed by atoms with Crippen molar-refractivity contribution in [3.8, 4) is 0 Å². The van der Waals surface area contributed by atoms with Crippen molar-refractivity contribution in [2.75, 3.05) is 0 Å². The molecule has 1 N–H and O–H groups in total. The minimum atomic E-state index is -0.755. The maximum Gasteiger partial charge on any atom is 0.316 e. The molecule has 1 aromatic carbocycles. The Bertz CT molecular complexity index is 539. The first-order chi connectivity index (χ1) is 9.15. The van der Waals surface area contributed by atoms with Crippen molar-refractivity contribution in [1.82, 2.24) is 4.98 Å². The Morgan fingerprint density at radius 2 is 2.16 bits per heavy atom. The van der Waals surface area contributed by atoms with E-state index in [-0.39, 0.29) is 0 Å². The molecule has 0 aliphatic heterocycles. The number of aliphatic carboxylic acids is 1. The van der Waals surface area contributed by atoms with Crippen LogP contribution in [0.3, 0.4) is 0 Å². The molecule has 5 heteroatoms. The lowest BCUT2D eigenvalue weighted by molar-refractivity contribution is -0.136. The van der Waals surface area contributed by atoms with Gasteiger partial charge in [-0.1, -0.05) is 30.3 Å². The topological polar surface area (TPSA) is 50.2 Å². The number of rotatable bonds is 6. The van der Waals surface area contributed by atoms with Crippen LogP contribution in [0.5, 0.6) is 0 Å². The lowest BCUT2D eigenvalue weighted by Crippen LogP contribution is -2.19. The molecule has 100 valence electrons. The average Bonchev–Trinajstić information content (AvgIpc) is 2.81. The molecule has 0 amide bonds. The Morgan fingerprint density at radius 1 is 1.42 bits per heavy atom. The number of aryl methyl sites for hydroxylation is 1. The number of hydrogen-bond acceptors (Lipinski definition) is 4. The van der Waals surface area contributed by atoms with Crippen LogP contribution in [0.1, 0.15) is 15.4 Å². The molecule has 0 radical (unpaired) electrons. The maximum absolute atomic E-state index is 11.3. The molecule has 1 atom stereocenters. The molecule has 19 heavy (non-hydrogen) atoms.